The van der Waals surface area contributed by atoms with E-state index >= 15 is 0 Å². The van der Waals surface area contributed by atoms with Gasteiger partial charge < -0.3 is 14.8 Å². The maximum Gasteiger partial charge on any atom is 0.234 e. The van der Waals surface area contributed by atoms with Gasteiger partial charge in [-0.15, -0.1) is 0 Å². The van der Waals surface area contributed by atoms with Gasteiger partial charge in [0.05, 0.1) is 13.1 Å². The molecule has 2 unspecified atom stereocenters. The van der Waals surface area contributed by atoms with Crippen LogP contribution < -0.4 is 14.8 Å². The Bertz CT molecular complexity index is 808. The summed E-state index contributed by atoms with van der Waals surface area (Å²) in [6.07, 6.45) is 3.23. The number of ether oxygens (including phenoxy) is 2. The van der Waals surface area contributed by atoms with Crippen molar-refractivity contribution in [2.75, 3.05) is 26.7 Å². The molecule has 1 aliphatic carbocycles. The fourth-order valence-corrected chi connectivity index (χ4v) is 3.97. The molecule has 5 heteroatoms. The predicted octanol–water partition coefficient (Wildman–Crippen LogP) is 2.95. The van der Waals surface area contributed by atoms with Crippen LogP contribution in [0.2, 0.25) is 0 Å². The summed E-state index contributed by atoms with van der Waals surface area (Å²) >= 11 is 0. The number of nitrogens with one attached hydrogen (secondary N) is 1. The van der Waals surface area contributed by atoms with E-state index < -0.39 is 0 Å². The number of benzene rings is 2. The lowest BCUT2D eigenvalue weighted by Crippen LogP contribution is -2.44. The summed E-state index contributed by atoms with van der Waals surface area (Å²) in [6, 6.07) is 16.5. The quantitative estimate of drug-likeness (QED) is 0.884. The van der Waals surface area contributed by atoms with E-state index in [2.05, 4.69) is 34.5 Å². The Morgan fingerprint density at radius 2 is 1.93 bits per heavy atom. The van der Waals surface area contributed by atoms with Gasteiger partial charge in [-0.3, -0.25) is 9.69 Å². The van der Waals surface area contributed by atoms with Crippen LogP contribution in [0.15, 0.2) is 48.5 Å². The number of aryl methyl sites for hydroxylation is 1. The van der Waals surface area contributed by atoms with E-state index in [1.54, 1.807) is 0 Å². The molecule has 4 rings (SSSR count). The van der Waals surface area contributed by atoms with Crippen molar-refractivity contribution in [3.05, 3.63) is 59.7 Å². The average Bonchev–Trinajstić information content (AvgIpc) is 2.71. The van der Waals surface area contributed by atoms with Gasteiger partial charge >= 0.3 is 0 Å². The SMILES string of the molecule is CN(CC(=O)NCC1COc2ccccc2O1)C1CCCc2ccccc21. The number of nitrogens with zero attached hydrogens (tertiary/aromatic N) is 1. The first kappa shape index (κ1) is 17.9. The first-order valence-electron chi connectivity index (χ1n) is 9.64. The summed E-state index contributed by atoms with van der Waals surface area (Å²) in [7, 11) is 2.03. The molecule has 0 spiro atoms. The van der Waals surface area contributed by atoms with Crippen LogP contribution in [0.4, 0.5) is 0 Å². The summed E-state index contributed by atoms with van der Waals surface area (Å²) in [5.41, 5.74) is 2.77. The summed E-state index contributed by atoms with van der Waals surface area (Å²) in [4.78, 5) is 14.6. The maximum atomic E-state index is 12.4. The zero-order valence-corrected chi connectivity index (χ0v) is 15.7. The summed E-state index contributed by atoms with van der Waals surface area (Å²) in [6.45, 7) is 1.27. The Morgan fingerprint density at radius 3 is 2.81 bits per heavy atom. The number of likely N-dealkylation sites (N-methyl/N-ethyl adjacent to an activating group) is 1. The molecule has 1 amide bonds. The molecule has 1 aliphatic heterocycles. The van der Waals surface area contributed by atoms with Crippen molar-refractivity contribution in [1.29, 1.82) is 0 Å². The van der Waals surface area contributed by atoms with E-state index in [4.69, 9.17) is 9.47 Å². The molecule has 1 N–H and O–H groups in total. The predicted molar refractivity (Wildman–Crippen MR) is 104 cm³/mol. The molecule has 2 aromatic carbocycles. The highest BCUT2D eigenvalue weighted by atomic mass is 16.6. The second-order valence-corrected chi connectivity index (χ2v) is 7.32. The van der Waals surface area contributed by atoms with E-state index in [1.807, 2.05) is 31.3 Å². The van der Waals surface area contributed by atoms with Gasteiger partial charge in [-0.25, -0.2) is 0 Å². The number of hydrogen-bond donors (Lipinski definition) is 1. The molecule has 0 aromatic heterocycles. The van der Waals surface area contributed by atoms with Crippen LogP contribution in [0.25, 0.3) is 0 Å². The normalized spacial score (nSPS) is 20.8. The van der Waals surface area contributed by atoms with E-state index in [0.29, 0.717) is 25.7 Å². The van der Waals surface area contributed by atoms with Crippen molar-refractivity contribution in [1.82, 2.24) is 10.2 Å². The number of amides is 1. The van der Waals surface area contributed by atoms with Gasteiger partial charge in [-0.2, -0.15) is 0 Å². The number of carbonyl (C=O) groups excluding carboxylic acids is 1. The minimum atomic E-state index is -0.162. The molecule has 2 aromatic rings. The Morgan fingerprint density at radius 1 is 1.15 bits per heavy atom. The zero-order chi connectivity index (χ0) is 18.6. The lowest BCUT2D eigenvalue weighted by molar-refractivity contribution is -0.123. The molecule has 0 bridgehead atoms. The number of fused-ring (bicyclic) bond motifs is 2. The van der Waals surface area contributed by atoms with Gasteiger partial charge in [0.15, 0.2) is 11.5 Å². The minimum Gasteiger partial charge on any atom is -0.486 e. The molecule has 0 saturated heterocycles. The molecular formula is C22H26N2O3. The Kier molecular flexibility index (Phi) is 5.30. The molecule has 0 radical (unpaired) electrons. The average molecular weight is 366 g/mol. The van der Waals surface area contributed by atoms with Crippen LogP contribution in [0.3, 0.4) is 0 Å². The molecule has 2 atom stereocenters. The molecule has 0 saturated carbocycles. The number of hydrogen-bond acceptors (Lipinski definition) is 4. The topological polar surface area (TPSA) is 50.8 Å². The monoisotopic (exact) mass is 366 g/mol. The lowest BCUT2D eigenvalue weighted by atomic mass is 9.87. The van der Waals surface area contributed by atoms with Crippen molar-refractivity contribution in [3.8, 4) is 11.5 Å². The largest absolute Gasteiger partial charge is 0.486 e. The molecule has 142 valence electrons. The van der Waals surface area contributed by atoms with Crippen molar-refractivity contribution in [2.24, 2.45) is 0 Å². The standard InChI is InChI=1S/C22H26N2O3/c1-24(19-10-6-8-16-7-2-3-9-18(16)19)14-22(25)23-13-17-15-26-20-11-4-5-12-21(20)27-17/h2-5,7,9,11-12,17,19H,6,8,10,13-15H2,1H3,(H,23,25). The Labute approximate surface area is 160 Å². The first-order valence-corrected chi connectivity index (χ1v) is 9.64. The summed E-state index contributed by atoms with van der Waals surface area (Å²) < 4.78 is 11.6. The van der Waals surface area contributed by atoms with Gasteiger partial charge in [0.1, 0.15) is 12.7 Å². The van der Waals surface area contributed by atoms with Crippen molar-refractivity contribution in [2.45, 2.75) is 31.4 Å². The van der Waals surface area contributed by atoms with Gasteiger partial charge in [0.25, 0.3) is 0 Å². The third-order valence-electron chi connectivity index (χ3n) is 5.36. The van der Waals surface area contributed by atoms with Crippen LogP contribution >= 0.6 is 0 Å². The van der Waals surface area contributed by atoms with Gasteiger partial charge in [-0.1, -0.05) is 36.4 Å². The summed E-state index contributed by atoms with van der Waals surface area (Å²) in [5, 5.41) is 2.99. The van der Waals surface area contributed by atoms with Crippen LogP contribution in [0.1, 0.15) is 30.0 Å². The van der Waals surface area contributed by atoms with Gasteiger partial charge in [0, 0.05) is 6.04 Å². The van der Waals surface area contributed by atoms with E-state index in [1.165, 1.54) is 17.5 Å². The van der Waals surface area contributed by atoms with E-state index in [9.17, 15) is 4.79 Å². The third-order valence-corrected chi connectivity index (χ3v) is 5.36. The molecule has 0 fully saturated rings. The lowest BCUT2D eigenvalue weighted by Gasteiger charge is -2.33. The highest BCUT2D eigenvalue weighted by Crippen LogP contribution is 2.33. The fourth-order valence-electron chi connectivity index (χ4n) is 3.97. The molecule has 2 aliphatic rings. The van der Waals surface area contributed by atoms with Crippen molar-refractivity contribution < 1.29 is 14.3 Å². The smallest absolute Gasteiger partial charge is 0.234 e. The zero-order valence-electron chi connectivity index (χ0n) is 15.7. The van der Waals surface area contributed by atoms with Crippen molar-refractivity contribution >= 4 is 5.91 Å². The van der Waals surface area contributed by atoms with Crippen LogP contribution in [-0.4, -0.2) is 43.7 Å². The third kappa shape index (κ3) is 4.08. The van der Waals surface area contributed by atoms with Gasteiger partial charge in [-0.05, 0) is 49.6 Å². The highest BCUT2D eigenvalue weighted by molar-refractivity contribution is 5.78. The summed E-state index contributed by atoms with van der Waals surface area (Å²) in [5.74, 6) is 1.51. The van der Waals surface area contributed by atoms with Crippen molar-refractivity contribution in [3.63, 3.8) is 0 Å². The fraction of sp³-hybridized carbons (Fsp3) is 0.409. The van der Waals surface area contributed by atoms with E-state index in [0.717, 1.165) is 24.3 Å². The Hall–Kier alpha value is -2.53. The minimum absolute atomic E-state index is 0.0167. The van der Waals surface area contributed by atoms with Crippen LogP contribution in [0.5, 0.6) is 11.5 Å². The first-order chi connectivity index (χ1) is 13.2. The van der Waals surface area contributed by atoms with Crippen LogP contribution in [-0.2, 0) is 11.2 Å². The molecule has 1 heterocycles. The number of para-hydroxylation sites is 2. The van der Waals surface area contributed by atoms with Gasteiger partial charge in [0.2, 0.25) is 5.91 Å². The molecular weight excluding hydrogens is 340 g/mol. The second kappa shape index (κ2) is 8.01. The number of carbonyl (C=O) groups is 1. The maximum absolute atomic E-state index is 12.4. The second-order valence-electron chi connectivity index (χ2n) is 7.32. The number of rotatable bonds is 5. The van der Waals surface area contributed by atoms with Crippen LogP contribution in [0, 0.1) is 0 Å². The molecule has 27 heavy (non-hydrogen) atoms. The Balaban J connectivity index is 1.29. The van der Waals surface area contributed by atoms with E-state index in [-0.39, 0.29) is 12.0 Å². The molecule has 5 nitrogen and oxygen atoms in total. The highest BCUT2D eigenvalue weighted by Gasteiger charge is 2.25.